The third-order valence-corrected chi connectivity index (χ3v) is 2.84. The van der Waals surface area contributed by atoms with Crippen molar-refractivity contribution in [3.63, 3.8) is 0 Å². The molecule has 0 heterocycles. The number of hydrogen-bond donors (Lipinski definition) is 2. The molecule has 110 valence electrons. The first-order valence-corrected chi connectivity index (χ1v) is 6.49. The highest BCUT2D eigenvalue weighted by molar-refractivity contribution is 6.59. The predicted octanol–water partition coefficient (Wildman–Crippen LogP) is 0.928. The molecule has 0 spiro atoms. The Labute approximate surface area is 123 Å². The van der Waals surface area contributed by atoms with Crippen molar-refractivity contribution >= 4 is 12.6 Å². The summed E-state index contributed by atoms with van der Waals surface area (Å²) in [5, 5.41) is 18.8. The summed E-state index contributed by atoms with van der Waals surface area (Å²) < 4.78 is 15.8. The number of hydrogen-bond acceptors (Lipinski definition) is 5. The van der Waals surface area contributed by atoms with Crippen LogP contribution in [0, 0.1) is 0 Å². The smallest absolute Gasteiger partial charge is 0.489 e. The lowest BCUT2D eigenvalue weighted by molar-refractivity contribution is 0.0509. The zero-order chi connectivity index (χ0) is 15.1. The summed E-state index contributed by atoms with van der Waals surface area (Å²) in [7, 11) is -0.0780. The lowest BCUT2D eigenvalue weighted by atomic mass is 9.79. The second kappa shape index (κ2) is 7.68. The van der Waals surface area contributed by atoms with E-state index < -0.39 is 7.12 Å². The molecule has 0 unspecified atom stereocenters. The van der Waals surface area contributed by atoms with Gasteiger partial charge in [0.25, 0.3) is 0 Å². The van der Waals surface area contributed by atoms with E-state index in [1.54, 1.807) is 18.2 Å². The van der Waals surface area contributed by atoms with E-state index in [-0.39, 0.29) is 12.3 Å². The molecule has 0 bridgehead atoms. The van der Waals surface area contributed by atoms with Gasteiger partial charge in [-0.3, -0.25) is 0 Å². The van der Waals surface area contributed by atoms with E-state index in [1.807, 2.05) is 30.3 Å². The number of benzene rings is 2. The number of rotatable bonds is 7. The third-order valence-electron chi connectivity index (χ3n) is 2.84. The molecule has 2 N–H and O–H groups in total. The largest absolute Gasteiger partial charge is 0.492 e. The van der Waals surface area contributed by atoms with Crippen LogP contribution in [-0.2, 0) is 11.3 Å². The summed E-state index contributed by atoms with van der Waals surface area (Å²) in [5.74, 6) is 0.895. The van der Waals surface area contributed by atoms with Crippen molar-refractivity contribution in [1.82, 2.24) is 0 Å². The maximum Gasteiger partial charge on any atom is 0.492 e. The van der Waals surface area contributed by atoms with Crippen LogP contribution in [0.2, 0.25) is 0 Å². The van der Waals surface area contributed by atoms with Gasteiger partial charge in [-0.2, -0.15) is 0 Å². The monoisotopic (exact) mass is 288 g/mol. The molecule has 5 nitrogen and oxygen atoms in total. The standard InChI is InChI=1S/C15H17BO5/c1-19-11-21-13-7-8-14(16(17)18)15(9-13)20-10-12-5-3-2-4-6-12/h2-9,17-18H,10-11H2,1H3. The summed E-state index contributed by atoms with van der Waals surface area (Å²) in [5.41, 5.74) is 1.27. The maximum atomic E-state index is 9.38. The molecule has 0 atom stereocenters. The van der Waals surface area contributed by atoms with Crippen LogP contribution in [0.5, 0.6) is 11.5 Å². The van der Waals surface area contributed by atoms with Gasteiger partial charge in [0, 0.05) is 18.6 Å². The summed E-state index contributed by atoms with van der Waals surface area (Å²) in [6.07, 6.45) is 0. The molecule has 0 aliphatic carbocycles. The normalized spacial score (nSPS) is 10.2. The van der Waals surface area contributed by atoms with Gasteiger partial charge in [-0.15, -0.1) is 0 Å². The van der Waals surface area contributed by atoms with E-state index in [1.165, 1.54) is 7.11 Å². The van der Waals surface area contributed by atoms with Crippen LogP contribution in [0.15, 0.2) is 48.5 Å². The maximum absolute atomic E-state index is 9.38. The van der Waals surface area contributed by atoms with E-state index in [0.29, 0.717) is 18.1 Å². The first kappa shape index (κ1) is 15.4. The van der Waals surface area contributed by atoms with Crippen LogP contribution < -0.4 is 14.9 Å². The predicted molar refractivity (Wildman–Crippen MR) is 79.5 cm³/mol. The average molecular weight is 288 g/mol. The van der Waals surface area contributed by atoms with E-state index in [2.05, 4.69) is 0 Å². The van der Waals surface area contributed by atoms with Crippen LogP contribution >= 0.6 is 0 Å². The minimum Gasteiger partial charge on any atom is -0.489 e. The minimum atomic E-state index is -1.60. The van der Waals surface area contributed by atoms with Crippen LogP contribution in [0.4, 0.5) is 0 Å². The fourth-order valence-electron chi connectivity index (χ4n) is 1.81. The molecule has 0 radical (unpaired) electrons. The van der Waals surface area contributed by atoms with Crippen molar-refractivity contribution in [3.05, 3.63) is 54.1 Å². The van der Waals surface area contributed by atoms with Gasteiger partial charge in [-0.25, -0.2) is 0 Å². The molecule has 21 heavy (non-hydrogen) atoms. The van der Waals surface area contributed by atoms with Crippen LogP contribution in [0.25, 0.3) is 0 Å². The lowest BCUT2D eigenvalue weighted by Crippen LogP contribution is -2.31. The third kappa shape index (κ3) is 4.49. The van der Waals surface area contributed by atoms with Crippen molar-refractivity contribution in [2.45, 2.75) is 6.61 Å². The molecular weight excluding hydrogens is 271 g/mol. The van der Waals surface area contributed by atoms with Gasteiger partial charge in [-0.1, -0.05) is 36.4 Å². The molecular formula is C15H17BO5. The van der Waals surface area contributed by atoms with Gasteiger partial charge in [0.05, 0.1) is 0 Å². The molecule has 0 amide bonds. The van der Waals surface area contributed by atoms with E-state index >= 15 is 0 Å². The fourth-order valence-corrected chi connectivity index (χ4v) is 1.81. The number of ether oxygens (including phenoxy) is 3. The second-order valence-corrected chi connectivity index (χ2v) is 4.40. The Balaban J connectivity index is 2.14. The summed E-state index contributed by atoms with van der Waals surface area (Å²) in [4.78, 5) is 0. The zero-order valence-electron chi connectivity index (χ0n) is 11.7. The van der Waals surface area contributed by atoms with Gasteiger partial charge in [0.15, 0.2) is 6.79 Å². The Bertz CT molecular complexity index is 559. The average Bonchev–Trinajstić information content (AvgIpc) is 2.51. The minimum absolute atomic E-state index is 0.110. The molecule has 2 rings (SSSR count). The van der Waals surface area contributed by atoms with Crippen LogP contribution in [0.3, 0.4) is 0 Å². The van der Waals surface area contributed by atoms with Gasteiger partial charge >= 0.3 is 7.12 Å². The van der Waals surface area contributed by atoms with E-state index in [9.17, 15) is 10.0 Å². The molecule has 2 aromatic rings. The van der Waals surface area contributed by atoms with E-state index in [0.717, 1.165) is 5.56 Å². The van der Waals surface area contributed by atoms with Crippen molar-refractivity contribution in [2.24, 2.45) is 0 Å². The van der Waals surface area contributed by atoms with Crippen LogP contribution in [0.1, 0.15) is 5.56 Å². The van der Waals surface area contributed by atoms with Crippen molar-refractivity contribution in [2.75, 3.05) is 13.9 Å². The van der Waals surface area contributed by atoms with Gasteiger partial charge < -0.3 is 24.3 Å². The number of methoxy groups -OCH3 is 1. The lowest BCUT2D eigenvalue weighted by Gasteiger charge is -2.13. The summed E-state index contributed by atoms with van der Waals surface area (Å²) >= 11 is 0. The molecule has 0 fully saturated rings. The Hall–Kier alpha value is -2.02. The highest BCUT2D eigenvalue weighted by Crippen LogP contribution is 2.19. The topological polar surface area (TPSA) is 68.2 Å². The molecule has 2 aromatic carbocycles. The molecule has 0 aliphatic heterocycles. The van der Waals surface area contributed by atoms with Crippen molar-refractivity contribution < 1.29 is 24.3 Å². The SMILES string of the molecule is COCOc1ccc(B(O)O)c(OCc2ccccc2)c1. The fraction of sp³-hybridized carbons (Fsp3) is 0.200. The van der Waals surface area contributed by atoms with Crippen LogP contribution in [-0.4, -0.2) is 31.1 Å². The molecule has 0 aromatic heterocycles. The zero-order valence-corrected chi connectivity index (χ0v) is 11.7. The second-order valence-electron chi connectivity index (χ2n) is 4.40. The van der Waals surface area contributed by atoms with Gasteiger partial charge in [0.1, 0.15) is 18.1 Å². The highest BCUT2D eigenvalue weighted by atomic mass is 16.7. The molecule has 0 aliphatic rings. The Morgan fingerprint density at radius 2 is 1.76 bits per heavy atom. The van der Waals surface area contributed by atoms with Gasteiger partial charge in [0.2, 0.25) is 0 Å². The Kier molecular flexibility index (Phi) is 5.63. The van der Waals surface area contributed by atoms with Crippen molar-refractivity contribution in [1.29, 1.82) is 0 Å². The van der Waals surface area contributed by atoms with Gasteiger partial charge in [-0.05, 0) is 11.6 Å². The quantitative estimate of drug-likeness (QED) is 0.586. The summed E-state index contributed by atoms with van der Waals surface area (Å²) in [6, 6.07) is 14.4. The highest BCUT2D eigenvalue weighted by Gasteiger charge is 2.18. The molecule has 0 saturated heterocycles. The Morgan fingerprint density at radius 3 is 2.43 bits per heavy atom. The first-order valence-electron chi connectivity index (χ1n) is 6.49. The van der Waals surface area contributed by atoms with E-state index in [4.69, 9.17) is 14.2 Å². The van der Waals surface area contributed by atoms with Crippen molar-refractivity contribution in [3.8, 4) is 11.5 Å². The summed E-state index contributed by atoms with van der Waals surface area (Å²) in [6.45, 7) is 0.438. The first-order chi connectivity index (χ1) is 10.2. The Morgan fingerprint density at radius 1 is 1.00 bits per heavy atom. The molecule has 0 saturated carbocycles. The molecule has 6 heteroatoms.